The van der Waals surface area contributed by atoms with Gasteiger partial charge in [-0.3, -0.25) is 9.59 Å². The van der Waals surface area contributed by atoms with Crippen LogP contribution in [0, 0.1) is 5.92 Å². The Morgan fingerprint density at radius 2 is 1.13 bits per heavy atom. The summed E-state index contributed by atoms with van der Waals surface area (Å²) in [5, 5.41) is 5.71. The van der Waals surface area contributed by atoms with E-state index in [2.05, 4.69) is 10.6 Å². The lowest BCUT2D eigenvalue weighted by molar-refractivity contribution is -0.277. The van der Waals surface area contributed by atoms with Crippen LogP contribution in [0.15, 0.2) is 121 Å². The van der Waals surface area contributed by atoms with E-state index in [1.165, 1.54) is 4.90 Å². The van der Waals surface area contributed by atoms with Crippen molar-refractivity contribution in [2.75, 3.05) is 19.7 Å². The normalized spacial score (nSPS) is 19.5. The molecule has 1 saturated heterocycles. The molecule has 61 heavy (non-hydrogen) atoms. The van der Waals surface area contributed by atoms with Crippen molar-refractivity contribution in [2.24, 2.45) is 5.92 Å². The number of nitrogens with one attached hydrogen (secondary N) is 2. The summed E-state index contributed by atoms with van der Waals surface area (Å²) in [6.45, 7) is 12.0. The van der Waals surface area contributed by atoms with Crippen molar-refractivity contribution in [1.82, 2.24) is 15.5 Å². The fourth-order valence-electron chi connectivity index (χ4n) is 7.16. The van der Waals surface area contributed by atoms with E-state index in [4.69, 9.17) is 28.4 Å². The van der Waals surface area contributed by atoms with Gasteiger partial charge in [-0.1, -0.05) is 142 Å². The first-order valence-electron chi connectivity index (χ1n) is 21.2. The topological polar surface area (TPSA) is 134 Å². The van der Waals surface area contributed by atoms with Gasteiger partial charge in [0.25, 0.3) is 0 Å². The number of hydrogen-bond donors (Lipinski definition) is 2. The summed E-state index contributed by atoms with van der Waals surface area (Å²) in [7, 11) is 0. The van der Waals surface area contributed by atoms with Gasteiger partial charge in [-0.25, -0.2) is 4.79 Å². The van der Waals surface area contributed by atoms with E-state index in [-0.39, 0.29) is 45.4 Å². The van der Waals surface area contributed by atoms with Crippen LogP contribution in [-0.2, 0) is 64.4 Å². The Morgan fingerprint density at radius 1 is 0.672 bits per heavy atom. The maximum absolute atomic E-state index is 14.7. The van der Waals surface area contributed by atoms with E-state index in [1.54, 1.807) is 20.8 Å². The van der Waals surface area contributed by atoms with E-state index < -0.39 is 60.2 Å². The summed E-state index contributed by atoms with van der Waals surface area (Å²) in [6, 6.07) is 38.4. The Morgan fingerprint density at radius 3 is 1.59 bits per heavy atom. The molecule has 328 valence electrons. The third-order valence-electron chi connectivity index (χ3n) is 9.97. The van der Waals surface area contributed by atoms with Gasteiger partial charge in [0.05, 0.1) is 33.0 Å². The van der Waals surface area contributed by atoms with Crippen LogP contribution in [0.25, 0.3) is 0 Å². The van der Waals surface area contributed by atoms with Crippen LogP contribution in [0.2, 0.25) is 0 Å². The van der Waals surface area contributed by atoms with Crippen molar-refractivity contribution in [3.63, 3.8) is 0 Å². The average molecular weight is 838 g/mol. The largest absolute Gasteiger partial charge is 0.444 e. The molecule has 3 amide bonds. The minimum atomic E-state index is -1.06. The molecule has 0 unspecified atom stereocenters. The Labute approximate surface area is 361 Å². The quantitative estimate of drug-likeness (QED) is 0.0871. The Balaban J connectivity index is 1.49. The van der Waals surface area contributed by atoms with Gasteiger partial charge in [0.1, 0.15) is 42.6 Å². The number of benzene rings is 4. The summed E-state index contributed by atoms with van der Waals surface area (Å²) in [5.74, 6) is -1.18. The van der Waals surface area contributed by atoms with Crippen LogP contribution < -0.4 is 10.6 Å². The standard InChI is InChI=1S/C49H63N3O9/c1-7-28-52(41(53)29-50-48(55)61-49(4,5)6)42(35(2)3)46(54)51-47-45(59-33-39-26-18-11-19-27-39)44(58-32-38-24-16-10-17-25-38)43(57-31-37-22-14-9-15-23-37)40(60-47)34-56-30-36-20-12-8-13-21-36/h8-27,35,40,42-45,47H,7,28-34H2,1-6H3,(H,50,55)(H,51,54)/t40-,42+,43-,44+,45-,47-/m1/s1. The molecule has 6 atom stereocenters. The molecule has 12 nitrogen and oxygen atoms in total. The van der Waals surface area contributed by atoms with Crippen LogP contribution in [0.5, 0.6) is 0 Å². The van der Waals surface area contributed by atoms with Crippen LogP contribution in [0.1, 0.15) is 70.2 Å². The van der Waals surface area contributed by atoms with E-state index in [0.717, 1.165) is 22.3 Å². The number of carbonyl (C=O) groups excluding carboxylic acids is 3. The lowest BCUT2D eigenvalue weighted by Gasteiger charge is -2.47. The maximum atomic E-state index is 14.7. The second-order valence-electron chi connectivity index (χ2n) is 16.5. The second kappa shape index (κ2) is 23.8. The Bertz CT molecular complexity index is 1890. The molecule has 0 aliphatic carbocycles. The van der Waals surface area contributed by atoms with Crippen molar-refractivity contribution in [1.29, 1.82) is 0 Å². The summed E-state index contributed by atoms with van der Waals surface area (Å²) in [4.78, 5) is 42.6. The smallest absolute Gasteiger partial charge is 0.408 e. The second-order valence-corrected chi connectivity index (χ2v) is 16.5. The summed E-state index contributed by atoms with van der Waals surface area (Å²) in [5.41, 5.74) is 3.08. The number of rotatable bonds is 21. The fraction of sp³-hybridized carbons (Fsp3) is 0.449. The van der Waals surface area contributed by atoms with Crippen LogP contribution in [0.4, 0.5) is 4.79 Å². The molecule has 1 aliphatic heterocycles. The van der Waals surface area contributed by atoms with Crippen LogP contribution >= 0.6 is 0 Å². The molecule has 1 heterocycles. The van der Waals surface area contributed by atoms with Crippen LogP contribution in [-0.4, -0.2) is 84.8 Å². The number of amides is 3. The summed E-state index contributed by atoms with van der Waals surface area (Å²) < 4.78 is 38.9. The van der Waals surface area contributed by atoms with Crippen LogP contribution in [0.3, 0.4) is 0 Å². The first-order valence-corrected chi connectivity index (χ1v) is 21.2. The molecule has 0 saturated carbocycles. The molecule has 5 rings (SSSR count). The van der Waals surface area contributed by atoms with Gasteiger partial charge in [0.15, 0.2) is 6.23 Å². The van der Waals surface area contributed by atoms with Crippen molar-refractivity contribution < 1.29 is 42.8 Å². The molecule has 0 aromatic heterocycles. The molecule has 1 aliphatic rings. The Hall–Kier alpha value is -5.11. The molecule has 0 radical (unpaired) electrons. The van der Waals surface area contributed by atoms with Gasteiger partial charge < -0.3 is 44.0 Å². The number of alkyl carbamates (subject to hydrolysis) is 1. The lowest BCUT2D eigenvalue weighted by atomic mass is 9.95. The molecule has 12 heteroatoms. The van der Waals surface area contributed by atoms with Crippen molar-refractivity contribution >= 4 is 17.9 Å². The highest BCUT2D eigenvalue weighted by molar-refractivity contribution is 5.90. The molecule has 4 aromatic carbocycles. The molecule has 0 spiro atoms. The molecule has 1 fully saturated rings. The third-order valence-corrected chi connectivity index (χ3v) is 9.97. The first-order chi connectivity index (χ1) is 29.4. The zero-order valence-electron chi connectivity index (χ0n) is 36.4. The van der Waals surface area contributed by atoms with E-state index in [1.807, 2.05) is 142 Å². The minimum Gasteiger partial charge on any atom is -0.444 e. The van der Waals surface area contributed by atoms with Gasteiger partial charge >= 0.3 is 6.09 Å². The highest BCUT2D eigenvalue weighted by atomic mass is 16.6. The fourth-order valence-corrected chi connectivity index (χ4v) is 7.16. The molecular weight excluding hydrogens is 775 g/mol. The minimum absolute atomic E-state index is 0.113. The molecule has 2 N–H and O–H groups in total. The SMILES string of the molecule is CCCN(C(=O)CNC(=O)OC(C)(C)C)[C@H](C(=O)N[C@@H]1O[C@H](COCc2ccccc2)[C@@H](OCc2ccccc2)[C@H](OCc2ccccc2)[C@H]1OCc1ccccc1)C(C)C. The zero-order chi connectivity index (χ0) is 43.6. The molecule has 4 aromatic rings. The van der Waals surface area contributed by atoms with Crippen molar-refractivity contribution in [2.45, 2.75) is 117 Å². The van der Waals surface area contributed by atoms with Crippen molar-refractivity contribution in [3.8, 4) is 0 Å². The number of carbonyl (C=O) groups is 3. The first kappa shape index (κ1) is 46.9. The van der Waals surface area contributed by atoms with Crippen molar-refractivity contribution in [3.05, 3.63) is 144 Å². The molecular formula is C49H63N3O9. The monoisotopic (exact) mass is 837 g/mol. The van der Waals surface area contributed by atoms with Gasteiger partial charge in [-0.15, -0.1) is 0 Å². The number of hydrogen-bond acceptors (Lipinski definition) is 9. The summed E-state index contributed by atoms with van der Waals surface area (Å²) >= 11 is 0. The highest BCUT2D eigenvalue weighted by Gasteiger charge is 2.50. The maximum Gasteiger partial charge on any atom is 0.408 e. The zero-order valence-corrected chi connectivity index (χ0v) is 36.4. The predicted octanol–water partition coefficient (Wildman–Crippen LogP) is 7.59. The van der Waals surface area contributed by atoms with E-state index in [0.29, 0.717) is 13.0 Å². The number of ether oxygens (including phenoxy) is 6. The Kier molecular flexibility index (Phi) is 18.3. The highest BCUT2D eigenvalue weighted by Crippen LogP contribution is 2.31. The summed E-state index contributed by atoms with van der Waals surface area (Å²) in [6.07, 6.45) is -4.27. The predicted molar refractivity (Wildman–Crippen MR) is 233 cm³/mol. The van der Waals surface area contributed by atoms with Gasteiger partial charge in [0.2, 0.25) is 11.8 Å². The number of nitrogens with zero attached hydrogens (tertiary/aromatic N) is 1. The average Bonchev–Trinajstić information content (AvgIpc) is 3.24. The molecule has 0 bridgehead atoms. The van der Waals surface area contributed by atoms with Gasteiger partial charge in [-0.05, 0) is 55.4 Å². The lowest BCUT2D eigenvalue weighted by Crippen LogP contribution is -2.67. The third kappa shape index (κ3) is 15.1. The van der Waals surface area contributed by atoms with Gasteiger partial charge in [0, 0.05) is 6.54 Å². The van der Waals surface area contributed by atoms with Gasteiger partial charge in [-0.2, -0.15) is 0 Å². The van der Waals surface area contributed by atoms with E-state index in [9.17, 15) is 14.4 Å². The van der Waals surface area contributed by atoms with E-state index >= 15 is 0 Å².